The quantitative estimate of drug-likeness (QED) is 0.491. The van der Waals surface area contributed by atoms with Gasteiger partial charge in [0.15, 0.2) is 0 Å². The summed E-state index contributed by atoms with van der Waals surface area (Å²) in [6.45, 7) is -0.421. The molecule has 0 aliphatic carbocycles. The second-order valence-electron chi connectivity index (χ2n) is 4.20. The third-order valence-corrected chi connectivity index (χ3v) is 2.88. The van der Waals surface area contributed by atoms with Crippen LogP contribution in [0.25, 0.3) is 0 Å². The van der Waals surface area contributed by atoms with Gasteiger partial charge in [0.05, 0.1) is 18.5 Å². The Hall–Kier alpha value is -1.74. The van der Waals surface area contributed by atoms with E-state index in [1.54, 1.807) is 0 Å². The second kappa shape index (κ2) is 5.49. The highest BCUT2D eigenvalue weighted by molar-refractivity contribution is 5.82. The average Bonchev–Trinajstić information content (AvgIpc) is 2.65. The number of nitrogens with one attached hydrogen (secondary N) is 1. The lowest BCUT2D eigenvalue weighted by atomic mass is 10.0. The first kappa shape index (κ1) is 13.7. The molecular weight excluding hydrogens is 256 g/mol. The molecule has 0 bridgehead atoms. The Balaban J connectivity index is 2.20. The van der Waals surface area contributed by atoms with Gasteiger partial charge >= 0.3 is 6.09 Å². The minimum absolute atomic E-state index is 0.225. The van der Waals surface area contributed by atoms with Crippen molar-refractivity contribution in [3.63, 3.8) is 0 Å². The standard InChI is InChI=1S/C11H14N2O6/c14-4-7-8(15)9(16)10(19-7)5-1-6(3-12-2-5)13-11(17)18/h1-3,7-10,13-16H,4H2,(H,17,18)/t7-,8-,9-,10+/m1/s1. The molecule has 0 saturated carbocycles. The van der Waals surface area contributed by atoms with Crippen LogP contribution in [0, 0.1) is 0 Å². The van der Waals surface area contributed by atoms with Crippen LogP contribution in [-0.2, 0) is 4.74 Å². The van der Waals surface area contributed by atoms with E-state index in [4.69, 9.17) is 14.9 Å². The van der Waals surface area contributed by atoms with Gasteiger partial charge in [-0.3, -0.25) is 10.3 Å². The van der Waals surface area contributed by atoms with Crippen LogP contribution in [0.1, 0.15) is 11.7 Å². The normalized spacial score (nSPS) is 30.3. The van der Waals surface area contributed by atoms with E-state index in [2.05, 4.69) is 10.3 Å². The fourth-order valence-corrected chi connectivity index (χ4v) is 1.98. The molecule has 8 heteroatoms. The fraction of sp³-hybridized carbons (Fsp3) is 0.455. The lowest BCUT2D eigenvalue weighted by molar-refractivity contribution is -0.0228. The summed E-state index contributed by atoms with van der Waals surface area (Å²) in [4.78, 5) is 14.4. The molecule has 8 nitrogen and oxygen atoms in total. The number of hydrogen-bond acceptors (Lipinski definition) is 6. The Kier molecular flexibility index (Phi) is 3.96. The van der Waals surface area contributed by atoms with Crippen LogP contribution in [0.3, 0.4) is 0 Å². The molecule has 1 saturated heterocycles. The Bertz CT molecular complexity index is 468. The summed E-state index contributed by atoms with van der Waals surface area (Å²) in [5.74, 6) is 0. The van der Waals surface area contributed by atoms with Gasteiger partial charge in [-0.15, -0.1) is 0 Å². The minimum atomic E-state index is -1.24. The molecule has 1 aliphatic rings. The number of nitrogens with zero attached hydrogens (tertiary/aromatic N) is 1. The molecule has 0 radical (unpaired) electrons. The van der Waals surface area contributed by atoms with Crippen LogP contribution in [0.15, 0.2) is 18.5 Å². The van der Waals surface area contributed by atoms with Crippen molar-refractivity contribution in [2.24, 2.45) is 0 Å². The number of anilines is 1. The van der Waals surface area contributed by atoms with Gasteiger partial charge in [0.2, 0.25) is 0 Å². The highest BCUT2D eigenvalue weighted by Gasteiger charge is 2.43. The number of carboxylic acid groups (broad SMARTS) is 1. The van der Waals surface area contributed by atoms with Crippen molar-refractivity contribution >= 4 is 11.8 Å². The molecule has 0 unspecified atom stereocenters. The number of pyridine rings is 1. The molecule has 0 aromatic carbocycles. The topological polar surface area (TPSA) is 132 Å². The summed E-state index contributed by atoms with van der Waals surface area (Å²) >= 11 is 0. The summed E-state index contributed by atoms with van der Waals surface area (Å²) in [6, 6.07) is 1.45. The maximum absolute atomic E-state index is 10.5. The zero-order valence-corrected chi connectivity index (χ0v) is 9.80. The van der Waals surface area contributed by atoms with Gasteiger partial charge < -0.3 is 25.2 Å². The van der Waals surface area contributed by atoms with Gasteiger partial charge in [0, 0.05) is 11.8 Å². The van der Waals surface area contributed by atoms with E-state index < -0.39 is 37.1 Å². The Morgan fingerprint density at radius 1 is 1.37 bits per heavy atom. The molecule has 1 amide bonds. The Morgan fingerprint density at radius 3 is 2.68 bits per heavy atom. The zero-order chi connectivity index (χ0) is 14.0. The van der Waals surface area contributed by atoms with E-state index in [1.165, 1.54) is 18.5 Å². The number of aromatic nitrogens is 1. The van der Waals surface area contributed by atoms with Crippen LogP contribution in [-0.4, -0.2) is 56.4 Å². The third kappa shape index (κ3) is 2.82. The molecule has 1 aliphatic heterocycles. The molecule has 1 fully saturated rings. The van der Waals surface area contributed by atoms with Crippen molar-refractivity contribution in [3.8, 4) is 0 Å². The summed E-state index contributed by atoms with van der Waals surface area (Å²) in [6.07, 6.45) is -2.69. The zero-order valence-electron chi connectivity index (χ0n) is 9.80. The molecule has 1 aromatic heterocycles. The number of amides is 1. The van der Waals surface area contributed by atoms with Crippen LogP contribution < -0.4 is 5.32 Å². The smallest absolute Gasteiger partial charge is 0.409 e. The van der Waals surface area contributed by atoms with E-state index in [-0.39, 0.29) is 5.69 Å². The third-order valence-electron chi connectivity index (χ3n) is 2.88. The largest absolute Gasteiger partial charge is 0.465 e. The van der Waals surface area contributed by atoms with Crippen LogP contribution in [0.5, 0.6) is 0 Å². The van der Waals surface area contributed by atoms with Crippen molar-refractivity contribution in [2.75, 3.05) is 11.9 Å². The van der Waals surface area contributed by atoms with E-state index in [9.17, 15) is 15.0 Å². The minimum Gasteiger partial charge on any atom is -0.465 e. The van der Waals surface area contributed by atoms with Gasteiger partial charge in [-0.25, -0.2) is 4.79 Å². The predicted molar refractivity (Wildman–Crippen MR) is 62.6 cm³/mol. The summed E-state index contributed by atoms with van der Waals surface area (Å²) in [5.41, 5.74) is 0.636. The number of ether oxygens (including phenoxy) is 1. The lowest BCUT2D eigenvalue weighted by Crippen LogP contribution is -2.32. The van der Waals surface area contributed by atoms with Gasteiger partial charge in [-0.2, -0.15) is 0 Å². The van der Waals surface area contributed by atoms with Crippen molar-refractivity contribution in [3.05, 3.63) is 24.0 Å². The molecule has 2 rings (SSSR count). The number of hydrogen-bond donors (Lipinski definition) is 5. The molecule has 104 valence electrons. The summed E-state index contributed by atoms with van der Waals surface area (Å²) in [7, 11) is 0. The lowest BCUT2D eigenvalue weighted by Gasteiger charge is -2.15. The van der Waals surface area contributed by atoms with Crippen molar-refractivity contribution in [1.82, 2.24) is 4.98 Å². The highest BCUT2D eigenvalue weighted by Crippen LogP contribution is 2.33. The summed E-state index contributed by atoms with van der Waals surface area (Å²) in [5, 5.41) is 39.2. The Morgan fingerprint density at radius 2 is 2.11 bits per heavy atom. The number of aliphatic hydroxyl groups excluding tert-OH is 3. The van der Waals surface area contributed by atoms with Crippen LogP contribution in [0.2, 0.25) is 0 Å². The number of aliphatic hydroxyl groups is 3. The van der Waals surface area contributed by atoms with Crippen LogP contribution in [0.4, 0.5) is 10.5 Å². The molecule has 4 atom stereocenters. The first-order valence-corrected chi connectivity index (χ1v) is 5.60. The number of carbonyl (C=O) groups is 1. The van der Waals surface area contributed by atoms with Gasteiger partial charge in [-0.05, 0) is 6.07 Å². The molecule has 5 N–H and O–H groups in total. The SMILES string of the molecule is O=C(O)Nc1cncc([C@@H]2O[C@H](CO)[C@@H](O)[C@H]2O)c1. The molecule has 1 aromatic rings. The maximum atomic E-state index is 10.5. The molecular formula is C11H14N2O6. The van der Waals surface area contributed by atoms with Gasteiger partial charge in [-0.1, -0.05) is 0 Å². The van der Waals surface area contributed by atoms with E-state index in [1.807, 2.05) is 0 Å². The van der Waals surface area contributed by atoms with E-state index >= 15 is 0 Å². The maximum Gasteiger partial charge on any atom is 0.409 e. The predicted octanol–water partition coefficient (Wildman–Crippen LogP) is -0.675. The molecule has 2 heterocycles. The van der Waals surface area contributed by atoms with Crippen molar-refractivity contribution < 1.29 is 30.0 Å². The van der Waals surface area contributed by atoms with E-state index in [0.717, 1.165) is 0 Å². The van der Waals surface area contributed by atoms with Crippen molar-refractivity contribution in [1.29, 1.82) is 0 Å². The average molecular weight is 270 g/mol. The second-order valence-corrected chi connectivity index (χ2v) is 4.20. The fourth-order valence-electron chi connectivity index (χ4n) is 1.98. The van der Waals surface area contributed by atoms with E-state index in [0.29, 0.717) is 5.56 Å². The number of rotatable bonds is 3. The van der Waals surface area contributed by atoms with Crippen LogP contribution >= 0.6 is 0 Å². The summed E-state index contributed by atoms with van der Waals surface area (Å²) < 4.78 is 5.32. The van der Waals surface area contributed by atoms with Gasteiger partial charge in [0.25, 0.3) is 0 Å². The first-order chi connectivity index (χ1) is 9.02. The molecule has 19 heavy (non-hydrogen) atoms. The first-order valence-electron chi connectivity index (χ1n) is 5.60. The van der Waals surface area contributed by atoms with Crippen molar-refractivity contribution in [2.45, 2.75) is 24.4 Å². The highest BCUT2D eigenvalue weighted by atomic mass is 16.6. The molecule has 0 spiro atoms. The Labute approximate surface area is 108 Å². The van der Waals surface area contributed by atoms with Gasteiger partial charge in [0.1, 0.15) is 24.4 Å². The monoisotopic (exact) mass is 270 g/mol.